The van der Waals surface area contributed by atoms with Gasteiger partial charge in [-0.3, -0.25) is 4.79 Å². The monoisotopic (exact) mass is 334 g/mol. The van der Waals surface area contributed by atoms with Crippen LogP contribution in [0.4, 0.5) is 0 Å². The van der Waals surface area contributed by atoms with E-state index in [1.54, 1.807) is 6.07 Å². The number of nitrogens with zero attached hydrogens (tertiary/aromatic N) is 1. The van der Waals surface area contributed by atoms with E-state index in [1.807, 2.05) is 0 Å². The number of benzene rings is 1. The second kappa shape index (κ2) is 6.57. The van der Waals surface area contributed by atoms with Gasteiger partial charge in [0.05, 0.1) is 18.4 Å². The number of carbonyl (C=O) groups excluding carboxylic acids is 2. The lowest BCUT2D eigenvalue weighted by molar-refractivity contribution is 0.0595. The summed E-state index contributed by atoms with van der Waals surface area (Å²) in [4.78, 5) is 26.7. The summed E-state index contributed by atoms with van der Waals surface area (Å²) in [6.07, 6.45) is 1.28. The Kier molecular flexibility index (Phi) is 4.75. The van der Waals surface area contributed by atoms with Crippen molar-refractivity contribution in [1.29, 1.82) is 0 Å². The normalized spacial score (nSPS) is 11.0. The SMILES string of the molecule is COC(=O)c1cccnc1S(=O)(=O)Cc1cccc(C(N)=O)c1. The molecule has 0 saturated carbocycles. The van der Waals surface area contributed by atoms with Crippen molar-refractivity contribution < 1.29 is 22.7 Å². The molecule has 2 N–H and O–H groups in total. The summed E-state index contributed by atoms with van der Waals surface area (Å²) in [5, 5.41) is -0.365. The van der Waals surface area contributed by atoms with Crippen LogP contribution >= 0.6 is 0 Å². The Morgan fingerprint density at radius 2 is 1.96 bits per heavy atom. The minimum atomic E-state index is -3.91. The number of amides is 1. The van der Waals surface area contributed by atoms with Crippen molar-refractivity contribution in [1.82, 2.24) is 4.98 Å². The number of sulfone groups is 1. The summed E-state index contributed by atoms with van der Waals surface area (Å²) in [7, 11) is -2.75. The molecule has 1 heterocycles. The molecule has 0 bridgehead atoms. The average molecular weight is 334 g/mol. The summed E-state index contributed by atoms with van der Waals surface area (Å²) in [6, 6.07) is 8.72. The van der Waals surface area contributed by atoms with E-state index in [1.165, 1.54) is 36.5 Å². The molecule has 1 amide bonds. The first kappa shape index (κ1) is 16.6. The van der Waals surface area contributed by atoms with Crippen LogP contribution in [0.3, 0.4) is 0 Å². The summed E-state index contributed by atoms with van der Waals surface area (Å²) >= 11 is 0. The van der Waals surface area contributed by atoms with E-state index in [-0.39, 0.29) is 16.2 Å². The number of carbonyl (C=O) groups is 2. The Bertz CT molecular complexity index is 862. The first-order valence-electron chi connectivity index (χ1n) is 6.50. The van der Waals surface area contributed by atoms with Gasteiger partial charge >= 0.3 is 5.97 Å². The zero-order valence-corrected chi connectivity index (χ0v) is 13.0. The molecule has 0 fully saturated rings. The molecule has 120 valence electrons. The number of hydrogen-bond acceptors (Lipinski definition) is 6. The summed E-state index contributed by atoms with van der Waals surface area (Å²) in [5.74, 6) is -1.87. The molecule has 0 aliphatic heterocycles. The Morgan fingerprint density at radius 3 is 2.61 bits per heavy atom. The highest BCUT2D eigenvalue weighted by Gasteiger charge is 2.25. The number of pyridine rings is 1. The van der Waals surface area contributed by atoms with Gasteiger partial charge in [0.25, 0.3) is 0 Å². The van der Waals surface area contributed by atoms with Gasteiger partial charge in [0.2, 0.25) is 15.7 Å². The zero-order valence-electron chi connectivity index (χ0n) is 12.2. The fourth-order valence-corrected chi connectivity index (χ4v) is 3.47. The van der Waals surface area contributed by atoms with Crippen LogP contribution in [-0.4, -0.2) is 32.4 Å². The number of aromatic nitrogens is 1. The van der Waals surface area contributed by atoms with E-state index in [2.05, 4.69) is 9.72 Å². The number of esters is 1. The molecular weight excluding hydrogens is 320 g/mol. The quantitative estimate of drug-likeness (QED) is 0.813. The molecule has 0 spiro atoms. The van der Waals surface area contributed by atoms with Gasteiger partial charge in [-0.25, -0.2) is 18.2 Å². The number of methoxy groups -OCH3 is 1. The van der Waals surface area contributed by atoms with Crippen LogP contribution in [0.1, 0.15) is 26.3 Å². The summed E-state index contributed by atoms with van der Waals surface area (Å²) < 4.78 is 29.6. The smallest absolute Gasteiger partial charge is 0.340 e. The highest BCUT2D eigenvalue weighted by molar-refractivity contribution is 7.90. The van der Waals surface area contributed by atoms with Gasteiger partial charge in [0.1, 0.15) is 0 Å². The maximum absolute atomic E-state index is 12.5. The molecule has 0 unspecified atom stereocenters. The fraction of sp³-hybridized carbons (Fsp3) is 0.133. The molecule has 0 atom stereocenters. The summed E-state index contributed by atoms with van der Waals surface area (Å²) in [6.45, 7) is 0. The van der Waals surface area contributed by atoms with Crippen molar-refractivity contribution in [3.05, 3.63) is 59.3 Å². The Morgan fingerprint density at radius 1 is 1.22 bits per heavy atom. The molecule has 7 nitrogen and oxygen atoms in total. The van der Waals surface area contributed by atoms with Gasteiger partial charge in [0.15, 0.2) is 5.03 Å². The zero-order chi connectivity index (χ0) is 17.0. The van der Waals surface area contributed by atoms with E-state index in [9.17, 15) is 18.0 Å². The predicted molar refractivity (Wildman–Crippen MR) is 81.4 cm³/mol. The molecule has 0 aliphatic carbocycles. The van der Waals surface area contributed by atoms with Gasteiger partial charge < -0.3 is 10.5 Å². The first-order chi connectivity index (χ1) is 10.8. The van der Waals surface area contributed by atoms with Gasteiger partial charge in [0, 0.05) is 11.8 Å². The molecule has 0 aliphatic rings. The molecule has 0 saturated heterocycles. The van der Waals surface area contributed by atoms with E-state index >= 15 is 0 Å². The van der Waals surface area contributed by atoms with Crippen LogP contribution < -0.4 is 5.73 Å². The molecule has 8 heteroatoms. The van der Waals surface area contributed by atoms with Crippen molar-refractivity contribution in [3.63, 3.8) is 0 Å². The van der Waals surface area contributed by atoms with Crippen molar-refractivity contribution in [2.24, 2.45) is 5.73 Å². The minimum Gasteiger partial charge on any atom is -0.465 e. The van der Waals surface area contributed by atoms with Gasteiger partial charge in [-0.15, -0.1) is 0 Å². The Balaban J connectivity index is 2.42. The van der Waals surface area contributed by atoms with E-state index in [0.717, 1.165) is 7.11 Å². The second-order valence-electron chi connectivity index (χ2n) is 4.67. The number of primary amides is 1. The van der Waals surface area contributed by atoms with E-state index < -0.39 is 27.5 Å². The highest BCUT2D eigenvalue weighted by Crippen LogP contribution is 2.19. The van der Waals surface area contributed by atoms with Crippen LogP contribution in [0.2, 0.25) is 0 Å². The van der Waals surface area contributed by atoms with Crippen LogP contribution in [0.5, 0.6) is 0 Å². The van der Waals surface area contributed by atoms with Crippen LogP contribution in [0.15, 0.2) is 47.6 Å². The predicted octanol–water partition coefficient (Wildman–Crippen LogP) is 0.941. The fourth-order valence-electron chi connectivity index (χ4n) is 2.01. The van der Waals surface area contributed by atoms with Gasteiger partial charge in [-0.05, 0) is 29.8 Å². The standard InChI is InChI=1S/C15H14N2O5S/c1-22-15(19)12-6-3-7-17-14(12)23(20,21)9-10-4-2-5-11(8-10)13(16)18/h2-8H,9H2,1H3,(H2,16,18). The number of ether oxygens (including phenoxy) is 1. The lowest BCUT2D eigenvalue weighted by Crippen LogP contribution is -2.15. The van der Waals surface area contributed by atoms with Crippen molar-refractivity contribution in [2.45, 2.75) is 10.8 Å². The van der Waals surface area contributed by atoms with Crippen LogP contribution in [-0.2, 0) is 20.3 Å². The highest BCUT2D eigenvalue weighted by atomic mass is 32.2. The Hall–Kier alpha value is -2.74. The van der Waals surface area contributed by atoms with E-state index in [0.29, 0.717) is 5.56 Å². The third-order valence-corrected chi connectivity index (χ3v) is 4.67. The maximum atomic E-state index is 12.5. The van der Waals surface area contributed by atoms with Gasteiger partial charge in [-0.1, -0.05) is 12.1 Å². The molecule has 0 radical (unpaired) electrons. The maximum Gasteiger partial charge on any atom is 0.340 e. The molecule has 1 aromatic carbocycles. The van der Waals surface area contributed by atoms with Crippen molar-refractivity contribution in [3.8, 4) is 0 Å². The van der Waals surface area contributed by atoms with Crippen LogP contribution in [0.25, 0.3) is 0 Å². The third kappa shape index (κ3) is 3.72. The first-order valence-corrected chi connectivity index (χ1v) is 8.15. The number of rotatable bonds is 5. The molecule has 2 rings (SSSR count). The second-order valence-corrected chi connectivity index (χ2v) is 6.58. The molecular formula is C15H14N2O5S. The van der Waals surface area contributed by atoms with Crippen LogP contribution in [0, 0.1) is 0 Å². The number of nitrogens with two attached hydrogens (primary N) is 1. The molecule has 1 aromatic heterocycles. The number of hydrogen-bond donors (Lipinski definition) is 1. The molecule has 2 aromatic rings. The van der Waals surface area contributed by atoms with Gasteiger partial charge in [-0.2, -0.15) is 0 Å². The minimum absolute atomic E-state index is 0.138. The Labute approximate surface area is 133 Å². The summed E-state index contributed by atoms with van der Waals surface area (Å²) in [5.41, 5.74) is 5.60. The average Bonchev–Trinajstić information content (AvgIpc) is 2.54. The van der Waals surface area contributed by atoms with Crippen molar-refractivity contribution in [2.75, 3.05) is 7.11 Å². The van der Waals surface area contributed by atoms with E-state index in [4.69, 9.17) is 5.73 Å². The lowest BCUT2D eigenvalue weighted by Gasteiger charge is -2.08. The molecule has 23 heavy (non-hydrogen) atoms. The third-order valence-electron chi connectivity index (χ3n) is 3.04. The topological polar surface area (TPSA) is 116 Å². The largest absolute Gasteiger partial charge is 0.465 e. The lowest BCUT2D eigenvalue weighted by atomic mass is 10.1. The van der Waals surface area contributed by atoms with Crippen molar-refractivity contribution >= 4 is 21.7 Å².